The highest BCUT2D eigenvalue weighted by molar-refractivity contribution is 7.90. The Hall–Kier alpha value is -2.94. The van der Waals surface area contributed by atoms with Crippen LogP contribution in [0.5, 0.6) is 0 Å². The number of nitrogens with zero attached hydrogens (tertiary/aromatic N) is 3. The van der Waals surface area contributed by atoms with Gasteiger partial charge in [0.1, 0.15) is 5.82 Å². The summed E-state index contributed by atoms with van der Waals surface area (Å²) in [5.41, 5.74) is 1.89. The molecule has 0 radical (unpaired) electrons. The molecule has 0 spiro atoms. The van der Waals surface area contributed by atoms with E-state index in [1.165, 1.54) is 19.1 Å². The molecule has 2 aliphatic heterocycles. The first-order valence-electron chi connectivity index (χ1n) is 12.0. The molecule has 2 aromatic rings. The van der Waals surface area contributed by atoms with Crippen LogP contribution in [-0.4, -0.2) is 70.5 Å². The smallest absolute Gasteiger partial charge is 0.256 e. The van der Waals surface area contributed by atoms with Crippen LogP contribution >= 0.6 is 0 Å². The first-order valence-corrected chi connectivity index (χ1v) is 13.9. The Morgan fingerprint density at radius 3 is 2.06 bits per heavy atom. The Labute approximate surface area is 206 Å². The van der Waals surface area contributed by atoms with Crippen LogP contribution in [0, 0.1) is 11.7 Å². The Morgan fingerprint density at radius 2 is 1.49 bits per heavy atom. The predicted molar refractivity (Wildman–Crippen MR) is 135 cm³/mol. The maximum Gasteiger partial charge on any atom is 0.256 e. The average Bonchev–Trinajstić information content (AvgIpc) is 2.83. The number of carbonyl (C=O) groups is 2. The van der Waals surface area contributed by atoms with Gasteiger partial charge in [-0.2, -0.15) is 0 Å². The van der Waals surface area contributed by atoms with Gasteiger partial charge in [-0.15, -0.1) is 0 Å². The fraction of sp³-hybridized carbons (Fsp3) is 0.462. The van der Waals surface area contributed by atoms with Gasteiger partial charge in [-0.25, -0.2) is 12.8 Å². The lowest BCUT2D eigenvalue weighted by Crippen LogP contribution is -2.49. The minimum absolute atomic E-state index is 0.126. The van der Waals surface area contributed by atoms with Gasteiger partial charge in [-0.05, 0) is 62.1 Å². The van der Waals surface area contributed by atoms with E-state index in [4.69, 9.17) is 0 Å². The summed E-state index contributed by atoms with van der Waals surface area (Å²) < 4.78 is 39.0. The number of amides is 1. The summed E-state index contributed by atoms with van der Waals surface area (Å²) in [5, 5.41) is 0. The Bertz CT molecular complexity index is 1230. The van der Waals surface area contributed by atoms with E-state index >= 15 is 0 Å². The number of piperazine rings is 1. The third-order valence-corrected chi connectivity index (χ3v) is 8.12. The predicted octanol–water partition coefficient (Wildman–Crippen LogP) is 3.63. The fourth-order valence-electron chi connectivity index (χ4n) is 4.75. The monoisotopic (exact) mass is 501 g/mol. The number of hydrogen-bond acceptors (Lipinski definition) is 6. The van der Waals surface area contributed by atoms with Gasteiger partial charge in [-0.1, -0.05) is 6.92 Å². The second-order valence-electron chi connectivity index (χ2n) is 9.62. The summed E-state index contributed by atoms with van der Waals surface area (Å²) in [4.78, 5) is 31.0. The first-order chi connectivity index (χ1) is 16.5. The van der Waals surface area contributed by atoms with E-state index in [-0.39, 0.29) is 16.6 Å². The maximum absolute atomic E-state index is 14.6. The van der Waals surface area contributed by atoms with Crippen molar-refractivity contribution in [1.82, 2.24) is 4.90 Å². The first kappa shape index (κ1) is 25.2. The molecule has 0 bridgehead atoms. The third-order valence-electron chi connectivity index (χ3n) is 7.01. The molecular weight excluding hydrogens is 469 g/mol. The number of hydrogen-bond donors (Lipinski definition) is 0. The lowest BCUT2D eigenvalue weighted by molar-refractivity contribution is 0.0746. The van der Waals surface area contributed by atoms with E-state index in [0.29, 0.717) is 48.9 Å². The zero-order valence-electron chi connectivity index (χ0n) is 20.5. The van der Waals surface area contributed by atoms with E-state index in [9.17, 15) is 22.4 Å². The fourth-order valence-corrected chi connectivity index (χ4v) is 5.39. The van der Waals surface area contributed by atoms with Crippen LogP contribution in [0.1, 0.15) is 47.4 Å². The van der Waals surface area contributed by atoms with Crippen molar-refractivity contribution in [3.63, 3.8) is 0 Å². The largest absolute Gasteiger partial charge is 0.371 e. The molecule has 0 aliphatic carbocycles. The van der Waals surface area contributed by atoms with Gasteiger partial charge in [-0.3, -0.25) is 9.59 Å². The molecule has 9 heteroatoms. The van der Waals surface area contributed by atoms with Crippen LogP contribution in [0.3, 0.4) is 0 Å². The minimum Gasteiger partial charge on any atom is -0.371 e. The molecule has 0 saturated carbocycles. The van der Waals surface area contributed by atoms with E-state index < -0.39 is 15.7 Å². The number of Topliss-reactive ketones (excluding diaryl/α,β-unsaturated/α-hetero) is 1. The zero-order chi connectivity index (χ0) is 25.3. The van der Waals surface area contributed by atoms with Gasteiger partial charge in [0.05, 0.1) is 16.1 Å². The molecule has 188 valence electrons. The summed E-state index contributed by atoms with van der Waals surface area (Å²) in [6.07, 6.45) is 3.19. The molecule has 0 N–H and O–H groups in total. The molecule has 2 heterocycles. The van der Waals surface area contributed by atoms with Crippen molar-refractivity contribution in [3.8, 4) is 0 Å². The molecule has 7 nitrogen and oxygen atoms in total. The molecule has 2 fully saturated rings. The SMILES string of the molecule is CC(=O)c1ccc(N2CCN(C(=O)c3cc(S(C)(=O)=O)ccc3N3CCC(C)CC3)CC2)c(F)c1. The van der Waals surface area contributed by atoms with Gasteiger partial charge >= 0.3 is 0 Å². The standard InChI is InChI=1S/C26H32FN3O4S/c1-18-8-10-28(11-9-18)24-7-5-21(35(3,33)34)17-22(24)26(32)30-14-12-29(13-15-30)25-6-4-20(19(2)31)16-23(25)27/h4-7,16-18H,8-15H2,1-3H3. The molecule has 0 aromatic heterocycles. The number of ketones is 1. The van der Waals surface area contributed by atoms with Crippen LogP contribution in [0.25, 0.3) is 0 Å². The molecule has 2 saturated heterocycles. The van der Waals surface area contributed by atoms with E-state index in [0.717, 1.165) is 37.9 Å². The van der Waals surface area contributed by atoms with Crippen molar-refractivity contribution in [2.24, 2.45) is 5.92 Å². The molecule has 35 heavy (non-hydrogen) atoms. The van der Waals surface area contributed by atoms with Crippen molar-refractivity contribution in [3.05, 3.63) is 53.3 Å². The molecule has 2 aliphatic rings. The highest BCUT2D eigenvalue weighted by atomic mass is 32.2. The normalized spacial score (nSPS) is 17.5. The van der Waals surface area contributed by atoms with Crippen LogP contribution in [-0.2, 0) is 9.84 Å². The van der Waals surface area contributed by atoms with Crippen LogP contribution in [0.2, 0.25) is 0 Å². The topological polar surface area (TPSA) is 78.0 Å². The number of anilines is 2. The van der Waals surface area contributed by atoms with Crippen molar-refractivity contribution in [1.29, 1.82) is 0 Å². The number of halogens is 1. The van der Waals surface area contributed by atoms with Crippen molar-refractivity contribution < 1.29 is 22.4 Å². The number of piperidine rings is 1. The van der Waals surface area contributed by atoms with Gasteiger partial charge < -0.3 is 14.7 Å². The van der Waals surface area contributed by atoms with E-state index in [2.05, 4.69) is 11.8 Å². The van der Waals surface area contributed by atoms with Gasteiger partial charge in [0.15, 0.2) is 15.6 Å². The van der Waals surface area contributed by atoms with Crippen LogP contribution in [0.4, 0.5) is 15.8 Å². The van der Waals surface area contributed by atoms with Crippen molar-refractivity contribution in [2.45, 2.75) is 31.6 Å². The number of rotatable bonds is 5. The Kier molecular flexibility index (Phi) is 7.17. The van der Waals surface area contributed by atoms with Gasteiger partial charge in [0.25, 0.3) is 5.91 Å². The highest BCUT2D eigenvalue weighted by Gasteiger charge is 2.28. The molecular formula is C26H32FN3O4S. The van der Waals surface area contributed by atoms with Gasteiger partial charge in [0, 0.05) is 56.8 Å². The Morgan fingerprint density at radius 1 is 0.886 bits per heavy atom. The maximum atomic E-state index is 14.6. The van der Waals surface area contributed by atoms with E-state index in [1.807, 2.05) is 4.90 Å². The second-order valence-corrected chi connectivity index (χ2v) is 11.6. The third kappa shape index (κ3) is 5.50. The van der Waals surface area contributed by atoms with Crippen LogP contribution < -0.4 is 9.80 Å². The number of benzene rings is 2. The summed E-state index contributed by atoms with van der Waals surface area (Å²) in [6.45, 7) is 6.89. The van der Waals surface area contributed by atoms with Crippen molar-refractivity contribution in [2.75, 3.05) is 55.3 Å². The summed E-state index contributed by atoms with van der Waals surface area (Å²) in [7, 11) is -3.47. The van der Waals surface area contributed by atoms with Crippen LogP contribution in [0.15, 0.2) is 41.3 Å². The van der Waals surface area contributed by atoms with Gasteiger partial charge in [0.2, 0.25) is 0 Å². The quantitative estimate of drug-likeness (QED) is 0.583. The lowest BCUT2D eigenvalue weighted by atomic mass is 9.98. The summed E-state index contributed by atoms with van der Waals surface area (Å²) in [6, 6.07) is 9.29. The number of sulfone groups is 1. The Balaban J connectivity index is 1.55. The number of carbonyl (C=O) groups excluding carboxylic acids is 2. The minimum atomic E-state index is -3.47. The lowest BCUT2D eigenvalue weighted by Gasteiger charge is -2.38. The molecule has 4 rings (SSSR count). The second kappa shape index (κ2) is 9.97. The summed E-state index contributed by atoms with van der Waals surface area (Å²) >= 11 is 0. The molecule has 2 aromatic carbocycles. The highest BCUT2D eigenvalue weighted by Crippen LogP contribution is 2.30. The molecule has 0 unspecified atom stereocenters. The molecule has 0 atom stereocenters. The zero-order valence-corrected chi connectivity index (χ0v) is 21.3. The molecule has 1 amide bonds. The van der Waals surface area contributed by atoms with E-state index in [1.54, 1.807) is 29.2 Å². The average molecular weight is 502 g/mol. The summed E-state index contributed by atoms with van der Waals surface area (Å²) in [5.74, 6) is -0.240. The van der Waals surface area contributed by atoms with Crippen molar-refractivity contribution >= 4 is 32.9 Å².